The maximum Gasteiger partial charge on any atom is 0.238 e. The summed E-state index contributed by atoms with van der Waals surface area (Å²) in [6.07, 6.45) is 3.67. The molecule has 7 aromatic carbocycles. The molecule has 0 unspecified atom stereocenters. The third-order valence-corrected chi connectivity index (χ3v) is 12.2. The van der Waals surface area contributed by atoms with Gasteiger partial charge in [0.25, 0.3) is 0 Å². The van der Waals surface area contributed by atoms with Crippen LogP contribution in [0.4, 0.5) is 0 Å². The highest BCUT2D eigenvalue weighted by Gasteiger charge is 2.20. The molecule has 0 saturated carbocycles. The molecule has 0 atom stereocenters. The number of aromatic nitrogens is 8. The number of hydrogen-bond acceptors (Lipinski definition) is 5. The molecular weight excluding hydrogens is 773 g/mol. The molecule has 0 amide bonds. The highest BCUT2D eigenvalue weighted by atomic mass is 15.2. The van der Waals surface area contributed by atoms with Crippen molar-refractivity contribution >= 4 is 65.7 Å². The molecule has 6 heterocycles. The van der Waals surface area contributed by atoms with E-state index in [1.165, 1.54) is 10.8 Å². The summed E-state index contributed by atoms with van der Waals surface area (Å²) < 4.78 is 6.81. The Kier molecular flexibility index (Phi) is 7.74. The van der Waals surface area contributed by atoms with Crippen LogP contribution >= 0.6 is 0 Å². The van der Waals surface area contributed by atoms with Gasteiger partial charge in [-0.2, -0.15) is 9.97 Å². The third-order valence-electron chi connectivity index (χ3n) is 12.2. The normalized spacial score (nSPS) is 11.8. The monoisotopic (exact) mass is 806 g/mol. The van der Waals surface area contributed by atoms with Gasteiger partial charge in [0, 0.05) is 56.4 Å². The van der Waals surface area contributed by atoms with Crippen molar-refractivity contribution in [2.45, 2.75) is 0 Å². The van der Waals surface area contributed by atoms with E-state index < -0.39 is 0 Å². The van der Waals surface area contributed by atoms with E-state index in [0.717, 1.165) is 88.5 Å². The highest BCUT2D eigenvalue weighted by Crippen LogP contribution is 2.39. The van der Waals surface area contributed by atoms with Gasteiger partial charge < -0.3 is 9.13 Å². The van der Waals surface area contributed by atoms with Gasteiger partial charge in [-0.15, -0.1) is 0 Å². The molecule has 13 aromatic rings. The molecule has 0 spiro atoms. The lowest BCUT2D eigenvalue weighted by Crippen LogP contribution is -2.06. The van der Waals surface area contributed by atoms with Crippen molar-refractivity contribution in [2.75, 3.05) is 0 Å². The van der Waals surface area contributed by atoms with Crippen LogP contribution in [0.1, 0.15) is 0 Å². The molecule has 8 nitrogen and oxygen atoms in total. The van der Waals surface area contributed by atoms with Crippen molar-refractivity contribution in [3.05, 3.63) is 207 Å². The summed E-state index contributed by atoms with van der Waals surface area (Å²) in [6, 6.07) is 68.0. The molecule has 8 heteroatoms. The van der Waals surface area contributed by atoms with Gasteiger partial charge in [-0.1, -0.05) is 115 Å². The molecule has 0 N–H and O–H groups in total. The Morgan fingerprint density at radius 3 is 1.29 bits per heavy atom. The van der Waals surface area contributed by atoms with Gasteiger partial charge >= 0.3 is 0 Å². The number of rotatable bonds is 6. The van der Waals surface area contributed by atoms with E-state index in [9.17, 15) is 0 Å². The fourth-order valence-electron chi connectivity index (χ4n) is 9.39. The van der Waals surface area contributed by atoms with Crippen LogP contribution in [0, 0.1) is 0 Å². The Balaban J connectivity index is 0.959. The van der Waals surface area contributed by atoms with Crippen LogP contribution in [0.5, 0.6) is 0 Å². The second-order valence-electron chi connectivity index (χ2n) is 15.8. The highest BCUT2D eigenvalue weighted by molar-refractivity contribution is 6.13. The van der Waals surface area contributed by atoms with Gasteiger partial charge in [-0.05, 0) is 90.0 Å². The Labute approximate surface area is 360 Å². The fraction of sp³-hybridized carbons (Fsp3) is 0. The summed E-state index contributed by atoms with van der Waals surface area (Å²) >= 11 is 0. The average Bonchev–Trinajstić information content (AvgIpc) is 4.00. The van der Waals surface area contributed by atoms with Crippen LogP contribution in [0.15, 0.2) is 207 Å². The predicted molar refractivity (Wildman–Crippen MR) is 255 cm³/mol. The van der Waals surface area contributed by atoms with Crippen LogP contribution in [-0.2, 0) is 0 Å². The number of benzene rings is 7. The number of pyridine rings is 2. The van der Waals surface area contributed by atoms with Crippen molar-refractivity contribution < 1.29 is 0 Å². The molecule has 0 aliphatic heterocycles. The molecule has 0 aliphatic rings. The summed E-state index contributed by atoms with van der Waals surface area (Å²) in [5.41, 5.74) is 14.4. The van der Waals surface area contributed by atoms with Crippen LogP contribution in [-0.4, -0.2) is 38.6 Å². The largest absolute Gasteiger partial charge is 0.309 e. The smallest absolute Gasteiger partial charge is 0.238 e. The zero-order chi connectivity index (χ0) is 41.4. The zero-order valence-corrected chi connectivity index (χ0v) is 33.7. The van der Waals surface area contributed by atoms with E-state index in [-0.39, 0.29) is 0 Å². The predicted octanol–water partition coefficient (Wildman–Crippen LogP) is 13.0. The lowest BCUT2D eigenvalue weighted by molar-refractivity contribution is 0.953. The Bertz CT molecular complexity index is 3810. The standard InChI is InChI=1S/C55H34N8/c1-3-14-35(15-4-1)53-58-54(36-16-5-2-6-17-36)60-55(59-53)63-46-23-10-8-21-42(46)44-33-38(27-29-48(44)63)37-26-28-47-43(32-37)41-20-7-9-22-45(41)61(47)39-18-11-19-40(34-39)62-49-24-12-30-56-51(49)52-50(62)25-13-31-57-52/h1-34H. The second-order valence-corrected chi connectivity index (χ2v) is 15.8. The fourth-order valence-corrected chi connectivity index (χ4v) is 9.39. The minimum Gasteiger partial charge on any atom is -0.309 e. The van der Waals surface area contributed by atoms with Crippen molar-refractivity contribution in [2.24, 2.45) is 0 Å². The summed E-state index contributed by atoms with van der Waals surface area (Å²) in [7, 11) is 0. The summed E-state index contributed by atoms with van der Waals surface area (Å²) in [5, 5.41) is 4.64. The SMILES string of the molecule is c1ccc(-c2nc(-c3ccccc3)nc(-n3c4ccccc4c4cc(-c5ccc6c(c5)c5ccccc5n6-c5cccc(-n6c7cccnc7c7ncccc76)c5)ccc43)n2)cc1. The van der Waals surface area contributed by atoms with Crippen molar-refractivity contribution in [1.82, 2.24) is 38.6 Å². The minimum absolute atomic E-state index is 0.575. The molecule has 0 bridgehead atoms. The first-order valence-corrected chi connectivity index (χ1v) is 21.0. The maximum absolute atomic E-state index is 5.12. The average molecular weight is 807 g/mol. The van der Waals surface area contributed by atoms with Crippen LogP contribution in [0.3, 0.4) is 0 Å². The molecule has 13 rings (SSSR count). The number of para-hydroxylation sites is 2. The van der Waals surface area contributed by atoms with Crippen molar-refractivity contribution in [3.63, 3.8) is 0 Å². The summed E-state index contributed by atoms with van der Waals surface area (Å²) in [5.74, 6) is 1.83. The molecule has 0 saturated heterocycles. The molecular formula is C55H34N8. The van der Waals surface area contributed by atoms with Gasteiger partial charge in [-0.25, -0.2) is 4.98 Å². The summed E-state index contributed by atoms with van der Waals surface area (Å²) in [6.45, 7) is 0. The van der Waals surface area contributed by atoms with E-state index in [4.69, 9.17) is 24.9 Å². The van der Waals surface area contributed by atoms with Crippen LogP contribution < -0.4 is 0 Å². The first-order chi connectivity index (χ1) is 31.2. The lowest BCUT2D eigenvalue weighted by Gasteiger charge is -2.13. The maximum atomic E-state index is 5.12. The first-order valence-electron chi connectivity index (χ1n) is 21.0. The van der Waals surface area contributed by atoms with Gasteiger partial charge in [0.05, 0.1) is 33.1 Å². The molecule has 294 valence electrons. The molecule has 0 fully saturated rings. The van der Waals surface area contributed by atoms with E-state index in [2.05, 4.69) is 135 Å². The van der Waals surface area contributed by atoms with E-state index in [1.807, 2.05) is 85.2 Å². The van der Waals surface area contributed by atoms with Crippen molar-refractivity contribution in [3.8, 4) is 51.2 Å². The quantitative estimate of drug-likeness (QED) is 0.167. The number of nitrogens with zero attached hydrogens (tertiary/aromatic N) is 8. The topological polar surface area (TPSA) is 79.2 Å². The second kappa shape index (κ2) is 13.9. The number of hydrogen-bond donors (Lipinski definition) is 0. The lowest BCUT2D eigenvalue weighted by atomic mass is 10.0. The van der Waals surface area contributed by atoms with E-state index in [1.54, 1.807) is 0 Å². The minimum atomic E-state index is 0.575. The zero-order valence-electron chi connectivity index (χ0n) is 33.7. The van der Waals surface area contributed by atoms with Gasteiger partial charge in [0.2, 0.25) is 5.95 Å². The molecule has 6 aromatic heterocycles. The van der Waals surface area contributed by atoms with Crippen LogP contribution in [0.2, 0.25) is 0 Å². The van der Waals surface area contributed by atoms with Crippen LogP contribution in [0.25, 0.3) is 117 Å². The van der Waals surface area contributed by atoms with Crippen molar-refractivity contribution in [1.29, 1.82) is 0 Å². The van der Waals surface area contributed by atoms with E-state index in [0.29, 0.717) is 17.6 Å². The Morgan fingerprint density at radius 2 is 0.730 bits per heavy atom. The molecule has 0 radical (unpaired) electrons. The first kappa shape index (κ1) is 35.0. The Hall–Kier alpha value is -8.75. The third kappa shape index (κ3) is 5.52. The van der Waals surface area contributed by atoms with Gasteiger partial charge in [0.1, 0.15) is 11.0 Å². The number of fused-ring (bicyclic) bond motifs is 9. The Morgan fingerprint density at radius 1 is 0.286 bits per heavy atom. The molecule has 63 heavy (non-hydrogen) atoms. The van der Waals surface area contributed by atoms with Gasteiger partial charge in [0.15, 0.2) is 11.6 Å². The van der Waals surface area contributed by atoms with Gasteiger partial charge in [-0.3, -0.25) is 14.5 Å². The molecule has 0 aliphatic carbocycles. The van der Waals surface area contributed by atoms with E-state index >= 15 is 0 Å². The summed E-state index contributed by atoms with van der Waals surface area (Å²) in [4.78, 5) is 24.6.